The van der Waals surface area contributed by atoms with Crippen LogP contribution in [0.4, 0.5) is 10.8 Å². The molecule has 2 aromatic heterocycles. The summed E-state index contributed by atoms with van der Waals surface area (Å²) in [5.41, 5.74) is 3.14. The third kappa shape index (κ3) is 4.97. The molecule has 0 radical (unpaired) electrons. The van der Waals surface area contributed by atoms with Crippen LogP contribution in [0.2, 0.25) is 0 Å². The van der Waals surface area contributed by atoms with E-state index in [1.165, 1.54) is 18.2 Å². The quantitative estimate of drug-likeness (QED) is 0.241. The number of nitriles is 1. The van der Waals surface area contributed by atoms with Gasteiger partial charge >= 0.3 is 0 Å². The highest BCUT2D eigenvalue weighted by molar-refractivity contribution is 7.90. The summed E-state index contributed by atoms with van der Waals surface area (Å²) in [6.07, 6.45) is 2.33. The molecule has 3 aromatic rings. The predicted octanol–water partition coefficient (Wildman–Crippen LogP) is 3.11. The molecule has 33 heavy (non-hydrogen) atoms. The van der Waals surface area contributed by atoms with Crippen molar-refractivity contribution in [3.8, 4) is 11.8 Å². The third-order valence-corrected chi connectivity index (χ3v) is 6.33. The Labute approximate surface area is 193 Å². The number of anilines is 1. The summed E-state index contributed by atoms with van der Waals surface area (Å²) >= 11 is 0.683. The fraction of sp³-hybridized carbons (Fsp3) is 0.200. The zero-order valence-electron chi connectivity index (χ0n) is 18.0. The first-order valence-electron chi connectivity index (χ1n) is 9.33. The molecule has 11 nitrogen and oxygen atoms in total. The van der Waals surface area contributed by atoms with Crippen molar-refractivity contribution in [1.82, 2.24) is 13.9 Å². The Balaban J connectivity index is 1.97. The van der Waals surface area contributed by atoms with Crippen LogP contribution in [0, 0.1) is 42.2 Å². The lowest BCUT2D eigenvalue weighted by molar-refractivity contribution is -0.384. The van der Waals surface area contributed by atoms with E-state index in [1.807, 2.05) is 24.5 Å². The van der Waals surface area contributed by atoms with Crippen molar-refractivity contribution in [2.45, 2.75) is 25.9 Å². The number of non-ortho nitro benzene ring substituents is 1. The zero-order valence-corrected chi connectivity index (χ0v) is 19.6. The second-order valence-corrected chi connectivity index (χ2v) is 9.83. The first-order chi connectivity index (χ1) is 15.4. The topological polar surface area (TPSA) is 161 Å². The van der Waals surface area contributed by atoms with Gasteiger partial charge in [-0.25, -0.2) is 8.42 Å². The van der Waals surface area contributed by atoms with E-state index in [-0.39, 0.29) is 16.4 Å². The SMILES string of the molecule is Cc1ccc([N+](=O)[O-])cc1-n1c(C)cc(C=C(C#N)C(=O)Nc2nc(S(C)(=O)=O)ns2)c1C. The molecule has 0 atom stereocenters. The van der Waals surface area contributed by atoms with Crippen LogP contribution in [0.3, 0.4) is 0 Å². The van der Waals surface area contributed by atoms with Gasteiger partial charge < -0.3 is 4.57 Å². The van der Waals surface area contributed by atoms with Gasteiger partial charge in [0.1, 0.15) is 11.6 Å². The summed E-state index contributed by atoms with van der Waals surface area (Å²) in [7, 11) is -3.63. The monoisotopic (exact) mass is 486 g/mol. The summed E-state index contributed by atoms with van der Waals surface area (Å²) in [6.45, 7) is 5.41. The molecule has 0 saturated carbocycles. The molecule has 0 fully saturated rings. The standard InChI is InChI=1S/C20H18N6O5S2/c1-11-5-6-16(26(28)29)9-17(11)25-12(2)7-14(13(25)3)8-15(10-21)18(27)22-19-23-20(24-32-19)33(4,30)31/h5-9H,1-4H3,(H,22,23,24,27). The number of rotatable bonds is 6. The average Bonchev–Trinajstić information content (AvgIpc) is 3.31. The molecular weight excluding hydrogens is 468 g/mol. The maximum atomic E-state index is 12.6. The number of benzene rings is 1. The Morgan fingerprint density at radius 3 is 2.58 bits per heavy atom. The average molecular weight is 487 g/mol. The summed E-state index contributed by atoms with van der Waals surface area (Å²) in [5.74, 6) is -0.773. The molecule has 1 aromatic carbocycles. The molecule has 0 spiro atoms. The molecule has 170 valence electrons. The van der Waals surface area contributed by atoms with E-state index in [2.05, 4.69) is 14.7 Å². The Hall–Kier alpha value is -3.89. The first-order valence-corrected chi connectivity index (χ1v) is 12.0. The van der Waals surface area contributed by atoms with Gasteiger partial charge in [-0.1, -0.05) is 6.07 Å². The fourth-order valence-electron chi connectivity index (χ4n) is 3.14. The smallest absolute Gasteiger partial charge is 0.271 e. The maximum Gasteiger partial charge on any atom is 0.271 e. The lowest BCUT2D eigenvalue weighted by atomic mass is 10.1. The molecule has 1 N–H and O–H groups in total. The van der Waals surface area contributed by atoms with Crippen molar-refractivity contribution in [3.05, 3.63) is 62.5 Å². The zero-order chi connectivity index (χ0) is 24.5. The minimum atomic E-state index is -3.63. The molecule has 1 amide bonds. The summed E-state index contributed by atoms with van der Waals surface area (Å²) in [5, 5.41) is 22.6. The molecule has 0 aliphatic carbocycles. The largest absolute Gasteiger partial charge is 0.317 e. The number of aryl methyl sites for hydroxylation is 2. The number of nitrogens with one attached hydrogen (secondary N) is 1. The number of amides is 1. The van der Waals surface area contributed by atoms with Crippen LogP contribution in [-0.4, -0.2) is 39.4 Å². The number of nitro groups is 1. The van der Waals surface area contributed by atoms with Crippen LogP contribution >= 0.6 is 11.5 Å². The van der Waals surface area contributed by atoms with Crippen molar-refractivity contribution in [2.75, 3.05) is 11.6 Å². The number of hydrogen-bond acceptors (Lipinski definition) is 9. The van der Waals surface area contributed by atoms with Gasteiger partial charge in [0.15, 0.2) is 0 Å². The fourth-order valence-corrected chi connectivity index (χ4v) is 4.58. The Morgan fingerprint density at radius 2 is 2.00 bits per heavy atom. The van der Waals surface area contributed by atoms with Crippen LogP contribution in [-0.2, 0) is 14.6 Å². The van der Waals surface area contributed by atoms with Crippen LogP contribution in [0.5, 0.6) is 0 Å². The van der Waals surface area contributed by atoms with E-state index in [9.17, 15) is 28.6 Å². The van der Waals surface area contributed by atoms with Crippen molar-refractivity contribution in [2.24, 2.45) is 0 Å². The number of carbonyl (C=O) groups excluding carboxylic acids is 1. The van der Waals surface area contributed by atoms with E-state index in [1.54, 1.807) is 19.1 Å². The molecule has 3 rings (SSSR count). The Morgan fingerprint density at radius 1 is 1.30 bits per heavy atom. The van der Waals surface area contributed by atoms with E-state index in [4.69, 9.17) is 0 Å². The summed E-state index contributed by atoms with van der Waals surface area (Å²) < 4.78 is 28.5. The highest BCUT2D eigenvalue weighted by Crippen LogP contribution is 2.28. The minimum absolute atomic E-state index is 0.0530. The van der Waals surface area contributed by atoms with E-state index in [0.717, 1.165) is 17.5 Å². The number of carbonyl (C=O) groups is 1. The van der Waals surface area contributed by atoms with Gasteiger partial charge in [-0.3, -0.25) is 20.2 Å². The van der Waals surface area contributed by atoms with Crippen molar-refractivity contribution >= 4 is 44.2 Å². The van der Waals surface area contributed by atoms with E-state index >= 15 is 0 Å². The van der Waals surface area contributed by atoms with Gasteiger partial charge in [-0.2, -0.15) is 14.6 Å². The Bertz CT molecular complexity index is 1460. The molecule has 0 aliphatic rings. The molecular formula is C20H18N6O5S2. The van der Waals surface area contributed by atoms with Crippen molar-refractivity contribution in [3.63, 3.8) is 0 Å². The highest BCUT2D eigenvalue weighted by atomic mass is 32.2. The maximum absolute atomic E-state index is 12.6. The summed E-state index contributed by atoms with van der Waals surface area (Å²) in [6, 6.07) is 8.13. The second-order valence-electron chi connectivity index (χ2n) is 7.17. The predicted molar refractivity (Wildman–Crippen MR) is 122 cm³/mol. The van der Waals surface area contributed by atoms with Crippen LogP contribution in [0.15, 0.2) is 35.0 Å². The first kappa shape index (κ1) is 23.8. The number of sulfone groups is 1. The molecule has 13 heteroatoms. The van der Waals surface area contributed by atoms with Crippen molar-refractivity contribution in [1.29, 1.82) is 5.26 Å². The van der Waals surface area contributed by atoms with Crippen LogP contribution in [0.1, 0.15) is 22.5 Å². The lowest BCUT2D eigenvalue weighted by Crippen LogP contribution is -2.13. The van der Waals surface area contributed by atoms with E-state index in [0.29, 0.717) is 28.5 Å². The van der Waals surface area contributed by atoms with Gasteiger partial charge in [-0.05, 0) is 44.0 Å². The molecule has 0 bridgehead atoms. The summed E-state index contributed by atoms with van der Waals surface area (Å²) in [4.78, 5) is 27.0. The number of nitro benzene ring substituents is 1. The van der Waals surface area contributed by atoms with Crippen LogP contribution in [0.25, 0.3) is 11.8 Å². The molecule has 0 saturated heterocycles. The number of nitrogens with zero attached hydrogens (tertiary/aromatic N) is 5. The van der Waals surface area contributed by atoms with Gasteiger partial charge in [0, 0.05) is 41.3 Å². The second kappa shape index (κ2) is 8.93. The van der Waals surface area contributed by atoms with E-state index < -0.39 is 25.8 Å². The van der Waals surface area contributed by atoms with Gasteiger partial charge in [-0.15, -0.1) is 0 Å². The number of hydrogen-bond donors (Lipinski definition) is 1. The normalized spacial score (nSPS) is 11.8. The van der Waals surface area contributed by atoms with Gasteiger partial charge in [0.05, 0.1) is 10.6 Å². The minimum Gasteiger partial charge on any atom is -0.317 e. The lowest BCUT2D eigenvalue weighted by Gasteiger charge is -2.12. The number of aromatic nitrogens is 3. The van der Waals surface area contributed by atoms with Crippen LogP contribution < -0.4 is 5.32 Å². The van der Waals surface area contributed by atoms with Crippen molar-refractivity contribution < 1.29 is 18.1 Å². The third-order valence-electron chi connectivity index (χ3n) is 4.74. The molecule has 0 aliphatic heterocycles. The molecule has 2 heterocycles. The Kier molecular flexibility index (Phi) is 6.43. The van der Waals surface area contributed by atoms with Gasteiger partial charge in [0.25, 0.3) is 16.8 Å². The molecule has 0 unspecified atom stereocenters. The van der Waals surface area contributed by atoms with Gasteiger partial charge in [0.2, 0.25) is 15.0 Å². The highest BCUT2D eigenvalue weighted by Gasteiger charge is 2.19.